The Morgan fingerprint density at radius 1 is 1.20 bits per heavy atom. The van der Waals surface area contributed by atoms with Crippen LogP contribution in [0.2, 0.25) is 0 Å². The van der Waals surface area contributed by atoms with Crippen LogP contribution >= 0.6 is 0 Å². The van der Waals surface area contributed by atoms with Crippen LogP contribution in [0.25, 0.3) is 11.0 Å². The lowest BCUT2D eigenvalue weighted by molar-refractivity contribution is -0.116. The highest BCUT2D eigenvalue weighted by Gasteiger charge is 2.35. The molecule has 126 valence electrons. The van der Waals surface area contributed by atoms with Crippen molar-refractivity contribution in [1.82, 2.24) is 19.7 Å². The number of nitrogens with one attached hydrogen (secondary N) is 1. The third kappa shape index (κ3) is 2.17. The number of hydrogen-bond acceptors (Lipinski definition) is 4. The molecule has 25 heavy (non-hydrogen) atoms. The van der Waals surface area contributed by atoms with Gasteiger partial charge in [-0.1, -0.05) is 30.5 Å². The standard InChI is InChI=1S/C19H19N5O/c1-11-6-7-15-13(8-11)16(19(25)23-15)17-14-9-22-24(12-4-2-3-5-12)18(14)21-10-20-17/h6-10,12,16H,2-5H2,1H3,(H,23,25). The summed E-state index contributed by atoms with van der Waals surface area (Å²) in [5.74, 6) is -0.434. The van der Waals surface area contributed by atoms with Gasteiger partial charge >= 0.3 is 0 Å². The molecule has 3 heterocycles. The van der Waals surface area contributed by atoms with E-state index in [1.165, 1.54) is 12.8 Å². The Morgan fingerprint density at radius 2 is 2.04 bits per heavy atom. The number of benzene rings is 1. The number of amides is 1. The molecule has 5 rings (SSSR count). The zero-order chi connectivity index (χ0) is 17.0. The maximum Gasteiger partial charge on any atom is 0.238 e. The number of aromatic nitrogens is 4. The van der Waals surface area contributed by atoms with Gasteiger partial charge in [-0.25, -0.2) is 14.6 Å². The van der Waals surface area contributed by atoms with Crippen molar-refractivity contribution < 1.29 is 4.79 Å². The highest BCUT2D eigenvalue weighted by Crippen LogP contribution is 2.39. The largest absolute Gasteiger partial charge is 0.325 e. The molecule has 6 nitrogen and oxygen atoms in total. The van der Waals surface area contributed by atoms with Crippen molar-refractivity contribution in [3.8, 4) is 0 Å². The number of carbonyl (C=O) groups excluding carboxylic acids is 1. The lowest BCUT2D eigenvalue weighted by atomic mass is 9.94. The fraction of sp³-hybridized carbons (Fsp3) is 0.368. The summed E-state index contributed by atoms with van der Waals surface area (Å²) in [6.45, 7) is 2.04. The average molecular weight is 333 g/mol. The van der Waals surface area contributed by atoms with Gasteiger partial charge < -0.3 is 5.32 Å². The second-order valence-electron chi connectivity index (χ2n) is 7.04. The van der Waals surface area contributed by atoms with Crippen molar-refractivity contribution >= 4 is 22.6 Å². The molecule has 2 aliphatic rings. The molecular formula is C19H19N5O. The molecule has 0 bridgehead atoms. The first kappa shape index (κ1) is 14.6. The number of rotatable bonds is 2. The fourth-order valence-electron chi connectivity index (χ4n) is 4.18. The molecule has 0 saturated heterocycles. The molecule has 1 atom stereocenters. The van der Waals surface area contributed by atoms with Crippen molar-refractivity contribution in [2.45, 2.75) is 44.6 Å². The van der Waals surface area contributed by atoms with E-state index in [-0.39, 0.29) is 5.91 Å². The van der Waals surface area contributed by atoms with Gasteiger partial charge in [-0.2, -0.15) is 5.10 Å². The first-order chi connectivity index (χ1) is 12.2. The number of hydrogen-bond donors (Lipinski definition) is 1. The van der Waals surface area contributed by atoms with Crippen LogP contribution in [0.5, 0.6) is 0 Å². The predicted octanol–water partition coefficient (Wildman–Crippen LogP) is 3.33. The highest BCUT2D eigenvalue weighted by molar-refractivity contribution is 6.06. The second kappa shape index (κ2) is 5.37. The van der Waals surface area contributed by atoms with Crippen molar-refractivity contribution in [1.29, 1.82) is 0 Å². The number of nitrogens with zero attached hydrogens (tertiary/aromatic N) is 4. The van der Waals surface area contributed by atoms with Crippen molar-refractivity contribution in [3.05, 3.63) is 47.5 Å². The van der Waals surface area contributed by atoms with E-state index in [1.54, 1.807) is 6.33 Å². The molecule has 1 amide bonds. The Labute approximate surface area is 145 Å². The average Bonchev–Trinajstić information content (AvgIpc) is 3.31. The quantitative estimate of drug-likeness (QED) is 0.781. The summed E-state index contributed by atoms with van der Waals surface area (Å²) in [5.41, 5.74) is 4.57. The van der Waals surface area contributed by atoms with E-state index < -0.39 is 5.92 Å². The molecule has 1 unspecified atom stereocenters. The van der Waals surface area contributed by atoms with Gasteiger partial charge in [-0.3, -0.25) is 4.79 Å². The van der Waals surface area contributed by atoms with Gasteiger partial charge in [0.25, 0.3) is 0 Å². The van der Waals surface area contributed by atoms with Crippen LogP contribution in [0, 0.1) is 6.92 Å². The maximum atomic E-state index is 12.7. The summed E-state index contributed by atoms with van der Waals surface area (Å²) < 4.78 is 2.03. The monoisotopic (exact) mass is 333 g/mol. The van der Waals surface area contributed by atoms with Crippen LogP contribution in [-0.2, 0) is 4.79 Å². The van der Waals surface area contributed by atoms with Crippen LogP contribution in [0.15, 0.2) is 30.7 Å². The van der Waals surface area contributed by atoms with E-state index in [9.17, 15) is 4.79 Å². The van der Waals surface area contributed by atoms with Gasteiger partial charge in [-0.15, -0.1) is 0 Å². The molecule has 1 aliphatic heterocycles. The topological polar surface area (TPSA) is 72.7 Å². The van der Waals surface area contributed by atoms with Crippen LogP contribution in [-0.4, -0.2) is 25.7 Å². The molecule has 1 aliphatic carbocycles. The highest BCUT2D eigenvalue weighted by atomic mass is 16.2. The molecule has 0 spiro atoms. The van der Waals surface area contributed by atoms with Crippen LogP contribution < -0.4 is 5.32 Å². The summed E-state index contributed by atoms with van der Waals surface area (Å²) in [7, 11) is 0. The summed E-state index contributed by atoms with van der Waals surface area (Å²) in [5, 5.41) is 8.44. The molecule has 1 saturated carbocycles. The molecule has 1 aromatic carbocycles. The molecule has 3 aromatic rings. The van der Waals surface area contributed by atoms with Crippen molar-refractivity contribution in [2.24, 2.45) is 0 Å². The Hall–Kier alpha value is -2.76. The first-order valence-corrected chi connectivity index (χ1v) is 8.82. The van der Waals surface area contributed by atoms with Crippen LogP contribution in [0.4, 0.5) is 5.69 Å². The molecule has 0 radical (unpaired) electrons. The van der Waals surface area contributed by atoms with Crippen molar-refractivity contribution in [2.75, 3.05) is 5.32 Å². The van der Waals surface area contributed by atoms with Gasteiger partial charge in [0.05, 0.1) is 23.3 Å². The predicted molar refractivity (Wildman–Crippen MR) is 94.5 cm³/mol. The minimum absolute atomic E-state index is 0.0331. The van der Waals surface area contributed by atoms with Gasteiger partial charge in [0, 0.05) is 5.69 Å². The second-order valence-corrected chi connectivity index (χ2v) is 7.04. The Kier molecular flexibility index (Phi) is 3.13. The zero-order valence-electron chi connectivity index (χ0n) is 14.1. The van der Waals surface area contributed by atoms with E-state index in [1.807, 2.05) is 29.9 Å². The summed E-state index contributed by atoms with van der Waals surface area (Å²) in [6.07, 6.45) is 8.14. The lowest BCUT2D eigenvalue weighted by Crippen LogP contribution is -2.15. The minimum Gasteiger partial charge on any atom is -0.325 e. The number of anilines is 1. The summed E-state index contributed by atoms with van der Waals surface area (Å²) >= 11 is 0. The fourth-order valence-corrected chi connectivity index (χ4v) is 4.18. The van der Waals surface area contributed by atoms with Gasteiger partial charge in [0.1, 0.15) is 12.2 Å². The van der Waals surface area contributed by atoms with Gasteiger partial charge in [0.15, 0.2) is 5.65 Å². The maximum absolute atomic E-state index is 12.7. The molecule has 2 aromatic heterocycles. The lowest BCUT2D eigenvalue weighted by Gasteiger charge is -2.12. The SMILES string of the molecule is Cc1ccc2c(c1)C(c1ncnc3c1cnn3C1CCCC1)C(=O)N2. The zero-order valence-corrected chi connectivity index (χ0v) is 14.1. The van der Waals surface area contributed by atoms with Gasteiger partial charge in [-0.05, 0) is 31.4 Å². The Morgan fingerprint density at radius 3 is 2.88 bits per heavy atom. The smallest absolute Gasteiger partial charge is 0.238 e. The van der Waals surface area contributed by atoms with E-state index >= 15 is 0 Å². The Bertz CT molecular complexity index is 987. The normalized spacial score (nSPS) is 20.2. The minimum atomic E-state index is -0.401. The molecule has 1 fully saturated rings. The molecular weight excluding hydrogens is 314 g/mol. The van der Waals surface area contributed by atoms with E-state index in [0.29, 0.717) is 6.04 Å². The Balaban J connectivity index is 1.67. The number of aryl methyl sites for hydroxylation is 1. The first-order valence-electron chi connectivity index (χ1n) is 8.82. The van der Waals surface area contributed by atoms with E-state index in [2.05, 4.69) is 26.4 Å². The number of carbonyl (C=O) groups is 1. The van der Waals surface area contributed by atoms with Crippen molar-refractivity contribution in [3.63, 3.8) is 0 Å². The third-order valence-electron chi connectivity index (χ3n) is 5.40. The van der Waals surface area contributed by atoms with Crippen LogP contribution in [0.3, 0.4) is 0 Å². The molecule has 1 N–H and O–H groups in total. The summed E-state index contributed by atoms with van der Waals surface area (Å²) in [4.78, 5) is 21.6. The third-order valence-corrected chi connectivity index (χ3v) is 5.40. The summed E-state index contributed by atoms with van der Waals surface area (Å²) in [6, 6.07) is 6.44. The van der Waals surface area contributed by atoms with Crippen LogP contribution in [0.1, 0.15) is 54.5 Å². The van der Waals surface area contributed by atoms with E-state index in [0.717, 1.165) is 46.4 Å². The number of fused-ring (bicyclic) bond motifs is 2. The van der Waals surface area contributed by atoms with Gasteiger partial charge in [0.2, 0.25) is 5.91 Å². The van der Waals surface area contributed by atoms with E-state index in [4.69, 9.17) is 0 Å². The molecule has 6 heteroatoms.